The summed E-state index contributed by atoms with van der Waals surface area (Å²) in [6.07, 6.45) is 12.7. The van der Waals surface area contributed by atoms with Gasteiger partial charge in [0.1, 0.15) is 0 Å². The second kappa shape index (κ2) is 12.6. The van der Waals surface area contributed by atoms with Gasteiger partial charge in [0, 0.05) is 26.2 Å². The van der Waals surface area contributed by atoms with Crippen LogP contribution in [0.2, 0.25) is 0 Å². The molecule has 0 saturated heterocycles. The molecule has 2 unspecified atom stereocenters. The Kier molecular flexibility index (Phi) is 12.7. The van der Waals surface area contributed by atoms with Crippen LogP contribution in [-0.4, -0.2) is 35.5 Å². The van der Waals surface area contributed by atoms with Crippen LogP contribution in [-0.2, 0) is 40.5 Å². The fraction of sp³-hybridized carbons (Fsp3) is 0.947. The minimum atomic E-state index is -0.250. The van der Waals surface area contributed by atoms with E-state index in [1.165, 1.54) is 57.8 Å². The van der Waals surface area contributed by atoms with Crippen LogP contribution < -0.4 is 0 Å². The van der Waals surface area contributed by atoms with E-state index < -0.39 is 0 Å². The minimum absolute atomic E-state index is 0. The molecule has 2 aliphatic carbocycles. The molecule has 140 valence electrons. The molecule has 0 aromatic carbocycles. The second-order valence-corrected chi connectivity index (χ2v) is 7.48. The summed E-state index contributed by atoms with van der Waals surface area (Å²) in [7, 11) is 0. The van der Waals surface area contributed by atoms with Gasteiger partial charge in [-0.25, -0.2) is 0 Å². The zero-order chi connectivity index (χ0) is 17.3. The van der Waals surface area contributed by atoms with Gasteiger partial charge in [-0.3, -0.25) is 4.79 Å². The van der Waals surface area contributed by atoms with Crippen LogP contribution >= 0.6 is 0 Å². The van der Waals surface area contributed by atoms with E-state index in [4.69, 9.17) is 19.4 Å². The Labute approximate surface area is 167 Å². The molecule has 0 heterocycles. The minimum Gasteiger partial charge on any atom is -0.483 e. The number of carbonyl (C=O) groups is 1. The fourth-order valence-corrected chi connectivity index (χ4v) is 4.38. The topological polar surface area (TPSA) is 55.8 Å². The first kappa shape index (κ1) is 24.3. The molecule has 4 nitrogen and oxygen atoms in total. The fourth-order valence-electron chi connectivity index (χ4n) is 4.38. The van der Waals surface area contributed by atoms with Crippen molar-refractivity contribution in [3.8, 4) is 0 Å². The van der Waals surface area contributed by atoms with E-state index in [-0.39, 0.29) is 38.3 Å². The normalized spacial score (nSPS) is 28.0. The Morgan fingerprint density at radius 1 is 0.958 bits per heavy atom. The molecule has 24 heavy (non-hydrogen) atoms. The maximum absolute atomic E-state index is 8.36. The first-order valence-electron chi connectivity index (χ1n) is 9.37. The Balaban J connectivity index is 0.00000123. The number of hydrogen-bond donors (Lipinski definition) is 1. The summed E-state index contributed by atoms with van der Waals surface area (Å²) in [6.45, 7) is 8.45. The van der Waals surface area contributed by atoms with Crippen LogP contribution in [0.1, 0.15) is 85.5 Å². The summed E-state index contributed by atoms with van der Waals surface area (Å²) in [6, 6.07) is 0. The van der Waals surface area contributed by atoms with Crippen molar-refractivity contribution >= 4 is 6.47 Å². The van der Waals surface area contributed by atoms with E-state index in [2.05, 4.69) is 27.7 Å². The van der Waals surface area contributed by atoms with Crippen molar-refractivity contribution in [2.24, 2.45) is 5.92 Å². The maximum Gasteiger partial charge on any atom is 0.290 e. The van der Waals surface area contributed by atoms with Crippen LogP contribution in [0.5, 0.6) is 0 Å². The molecule has 2 aliphatic rings. The smallest absolute Gasteiger partial charge is 0.290 e. The molecule has 0 radical (unpaired) electrons. The third-order valence-corrected chi connectivity index (χ3v) is 5.02. The van der Waals surface area contributed by atoms with E-state index in [9.17, 15) is 0 Å². The van der Waals surface area contributed by atoms with Gasteiger partial charge in [0.25, 0.3) is 6.47 Å². The molecular formula is C19H36O4Zr. The van der Waals surface area contributed by atoms with E-state index >= 15 is 0 Å². The van der Waals surface area contributed by atoms with Crippen molar-refractivity contribution in [2.75, 3.05) is 0 Å². The summed E-state index contributed by atoms with van der Waals surface area (Å²) in [5.74, 6) is 0.711. The first-order chi connectivity index (χ1) is 11.0. The number of ether oxygens (including phenoxy) is 2. The van der Waals surface area contributed by atoms with E-state index in [1.807, 2.05) is 0 Å². The van der Waals surface area contributed by atoms with Crippen molar-refractivity contribution in [3.05, 3.63) is 0 Å². The SMILES string of the molecule is CC(C)OC1CCCCC1(OC(C)C)C1CCCCC1.O=CO.[Zr]. The molecule has 0 aliphatic heterocycles. The summed E-state index contributed by atoms with van der Waals surface area (Å²) in [5.41, 5.74) is -0.00287. The molecule has 5 heteroatoms. The van der Waals surface area contributed by atoms with Crippen molar-refractivity contribution in [3.63, 3.8) is 0 Å². The van der Waals surface area contributed by atoms with Gasteiger partial charge in [-0.05, 0) is 59.3 Å². The van der Waals surface area contributed by atoms with Gasteiger partial charge in [-0.2, -0.15) is 0 Å². The molecule has 2 atom stereocenters. The molecular weight excluding hydrogens is 383 g/mol. The molecule has 2 saturated carbocycles. The van der Waals surface area contributed by atoms with E-state index in [1.54, 1.807) is 0 Å². The molecule has 2 fully saturated rings. The third-order valence-electron chi connectivity index (χ3n) is 5.02. The number of hydrogen-bond acceptors (Lipinski definition) is 3. The van der Waals surface area contributed by atoms with Gasteiger partial charge < -0.3 is 14.6 Å². The van der Waals surface area contributed by atoms with Crippen LogP contribution in [0.4, 0.5) is 0 Å². The predicted octanol–water partition coefficient (Wildman–Crippen LogP) is 4.80. The molecule has 1 N–H and O–H groups in total. The van der Waals surface area contributed by atoms with Gasteiger partial charge in [0.05, 0.1) is 23.9 Å². The van der Waals surface area contributed by atoms with Gasteiger partial charge in [0.15, 0.2) is 0 Å². The summed E-state index contributed by atoms with van der Waals surface area (Å²) >= 11 is 0. The number of rotatable bonds is 5. The molecule has 2 rings (SSSR count). The molecule has 0 spiro atoms. The predicted molar refractivity (Wildman–Crippen MR) is 92.7 cm³/mol. The summed E-state index contributed by atoms with van der Waals surface area (Å²) in [4.78, 5) is 8.36. The summed E-state index contributed by atoms with van der Waals surface area (Å²) < 4.78 is 12.9. The van der Waals surface area contributed by atoms with Gasteiger partial charge in [-0.15, -0.1) is 0 Å². The van der Waals surface area contributed by atoms with E-state index in [0.717, 1.165) is 0 Å². The Hall–Kier alpha value is 0.273. The van der Waals surface area contributed by atoms with E-state index in [0.29, 0.717) is 24.2 Å². The average molecular weight is 420 g/mol. The Bertz CT molecular complexity index is 329. The zero-order valence-electron chi connectivity index (χ0n) is 15.9. The summed E-state index contributed by atoms with van der Waals surface area (Å²) in [5, 5.41) is 6.89. The second-order valence-electron chi connectivity index (χ2n) is 7.48. The Morgan fingerprint density at radius 3 is 2.00 bits per heavy atom. The van der Waals surface area contributed by atoms with Gasteiger partial charge in [-0.1, -0.05) is 32.1 Å². The van der Waals surface area contributed by atoms with Crippen molar-refractivity contribution in [1.29, 1.82) is 0 Å². The molecule has 0 amide bonds. The van der Waals surface area contributed by atoms with Gasteiger partial charge >= 0.3 is 0 Å². The molecule has 0 aromatic heterocycles. The van der Waals surface area contributed by atoms with Crippen molar-refractivity contribution < 1.29 is 45.6 Å². The maximum atomic E-state index is 8.36. The van der Waals surface area contributed by atoms with Gasteiger partial charge in [0.2, 0.25) is 0 Å². The van der Waals surface area contributed by atoms with Crippen LogP contribution in [0, 0.1) is 5.92 Å². The first-order valence-corrected chi connectivity index (χ1v) is 9.37. The number of carboxylic acid groups (broad SMARTS) is 1. The van der Waals surface area contributed by atoms with Crippen LogP contribution in [0.3, 0.4) is 0 Å². The van der Waals surface area contributed by atoms with Crippen LogP contribution in [0.25, 0.3) is 0 Å². The largest absolute Gasteiger partial charge is 0.483 e. The van der Waals surface area contributed by atoms with Crippen molar-refractivity contribution in [2.45, 2.75) is 109 Å². The Morgan fingerprint density at radius 2 is 1.50 bits per heavy atom. The van der Waals surface area contributed by atoms with Crippen LogP contribution in [0.15, 0.2) is 0 Å². The molecule has 0 aromatic rings. The van der Waals surface area contributed by atoms with Crippen molar-refractivity contribution in [1.82, 2.24) is 0 Å². The standard InChI is InChI=1S/C18H34O2.CH2O2.Zr/c1-14(2)19-17-12-8-9-13-18(17,20-15(3)4)16-10-6-5-7-11-16;2-1-3;/h14-17H,5-13H2,1-4H3;1H,(H,2,3);. The molecule has 0 bridgehead atoms. The zero-order valence-corrected chi connectivity index (χ0v) is 18.4. The third kappa shape index (κ3) is 7.26. The quantitative estimate of drug-likeness (QED) is 0.651. The monoisotopic (exact) mass is 418 g/mol. The average Bonchev–Trinajstić information content (AvgIpc) is 2.50.